The van der Waals surface area contributed by atoms with E-state index >= 15 is 0 Å². The summed E-state index contributed by atoms with van der Waals surface area (Å²) in [6.45, 7) is 5.78. The van der Waals surface area contributed by atoms with Crippen LogP contribution in [0.15, 0.2) is 17.2 Å². The van der Waals surface area contributed by atoms with Gasteiger partial charge in [-0.05, 0) is 39.8 Å². The Bertz CT molecular complexity index is 560. The first-order chi connectivity index (χ1) is 9.94. The highest BCUT2D eigenvalue weighted by Crippen LogP contribution is 2.19. The van der Waals surface area contributed by atoms with Crippen LogP contribution in [0.25, 0.3) is 0 Å². The molecule has 0 radical (unpaired) electrons. The molecular weight excluding hydrogens is 290 g/mol. The van der Waals surface area contributed by atoms with Crippen LogP contribution in [0.2, 0.25) is 0 Å². The van der Waals surface area contributed by atoms with Crippen molar-refractivity contribution in [3.63, 3.8) is 0 Å². The van der Waals surface area contributed by atoms with Crippen LogP contribution in [0, 0.1) is 0 Å². The molecule has 1 saturated heterocycles. The lowest BCUT2D eigenvalue weighted by atomic mass is 10.2. The molecule has 2 rings (SSSR count). The van der Waals surface area contributed by atoms with E-state index in [1.807, 2.05) is 25.5 Å². The number of aromatic nitrogens is 1. The molecular formula is C14H25N3O3S. The molecule has 1 aromatic rings. The normalized spacial score (nSPS) is 19.5. The van der Waals surface area contributed by atoms with E-state index in [9.17, 15) is 8.42 Å². The van der Waals surface area contributed by atoms with E-state index in [4.69, 9.17) is 4.74 Å². The fourth-order valence-corrected chi connectivity index (χ4v) is 3.65. The zero-order chi connectivity index (χ0) is 15.5. The summed E-state index contributed by atoms with van der Waals surface area (Å²) in [5.74, 6) is 0. The lowest BCUT2D eigenvalue weighted by Crippen LogP contribution is -2.31. The Morgan fingerprint density at radius 1 is 1.48 bits per heavy atom. The van der Waals surface area contributed by atoms with Crippen LogP contribution < -0.4 is 10.0 Å². The minimum Gasteiger partial charge on any atom is -0.377 e. The Kier molecular flexibility index (Phi) is 5.43. The van der Waals surface area contributed by atoms with Gasteiger partial charge in [-0.2, -0.15) is 0 Å². The van der Waals surface area contributed by atoms with E-state index in [-0.39, 0.29) is 12.1 Å². The molecule has 0 aromatic carbocycles. The van der Waals surface area contributed by atoms with E-state index in [0.717, 1.165) is 25.1 Å². The summed E-state index contributed by atoms with van der Waals surface area (Å²) in [6.07, 6.45) is 3.63. The maximum atomic E-state index is 12.4. The van der Waals surface area contributed by atoms with Gasteiger partial charge in [0.2, 0.25) is 10.0 Å². The van der Waals surface area contributed by atoms with E-state index in [2.05, 4.69) is 10.0 Å². The number of hydrogen-bond donors (Lipinski definition) is 2. The van der Waals surface area contributed by atoms with Crippen molar-refractivity contribution in [3.05, 3.63) is 18.0 Å². The zero-order valence-corrected chi connectivity index (χ0v) is 13.7. The summed E-state index contributed by atoms with van der Waals surface area (Å²) < 4.78 is 34.8. The van der Waals surface area contributed by atoms with Gasteiger partial charge in [0.15, 0.2) is 0 Å². The molecule has 1 unspecified atom stereocenters. The summed E-state index contributed by atoms with van der Waals surface area (Å²) in [7, 11) is -1.63. The van der Waals surface area contributed by atoms with Gasteiger partial charge in [0, 0.05) is 37.6 Å². The number of nitrogens with one attached hydrogen (secondary N) is 2. The van der Waals surface area contributed by atoms with E-state index in [0.29, 0.717) is 18.0 Å². The second kappa shape index (κ2) is 6.91. The van der Waals surface area contributed by atoms with Crippen LogP contribution in [0.4, 0.5) is 0 Å². The van der Waals surface area contributed by atoms with E-state index < -0.39 is 10.0 Å². The van der Waals surface area contributed by atoms with E-state index in [1.165, 1.54) is 0 Å². The highest BCUT2D eigenvalue weighted by molar-refractivity contribution is 7.89. The second-order valence-electron chi connectivity index (χ2n) is 5.69. The van der Waals surface area contributed by atoms with Crippen molar-refractivity contribution < 1.29 is 13.2 Å². The van der Waals surface area contributed by atoms with E-state index in [1.54, 1.807) is 12.3 Å². The van der Waals surface area contributed by atoms with Gasteiger partial charge in [0.25, 0.3) is 0 Å². The van der Waals surface area contributed by atoms with Crippen molar-refractivity contribution in [1.29, 1.82) is 0 Å². The highest BCUT2D eigenvalue weighted by Gasteiger charge is 2.22. The van der Waals surface area contributed by atoms with Gasteiger partial charge in [0.05, 0.1) is 11.0 Å². The molecule has 21 heavy (non-hydrogen) atoms. The van der Waals surface area contributed by atoms with Crippen molar-refractivity contribution in [3.8, 4) is 0 Å². The molecule has 0 bridgehead atoms. The lowest BCUT2D eigenvalue weighted by Gasteiger charge is -2.12. The maximum absolute atomic E-state index is 12.4. The van der Waals surface area contributed by atoms with Gasteiger partial charge in [-0.3, -0.25) is 0 Å². The first-order valence-electron chi connectivity index (χ1n) is 7.40. The molecule has 2 heterocycles. The van der Waals surface area contributed by atoms with Crippen molar-refractivity contribution >= 4 is 10.0 Å². The Balaban J connectivity index is 2.12. The van der Waals surface area contributed by atoms with Crippen molar-refractivity contribution in [2.75, 3.05) is 20.2 Å². The molecule has 7 heteroatoms. The molecule has 1 atom stereocenters. The van der Waals surface area contributed by atoms with Crippen LogP contribution in [0.3, 0.4) is 0 Å². The fourth-order valence-electron chi connectivity index (χ4n) is 2.54. The molecule has 1 fully saturated rings. The third-order valence-corrected chi connectivity index (χ3v) is 5.05. The fraction of sp³-hybridized carbons (Fsp3) is 0.714. The average Bonchev–Trinajstić information content (AvgIpc) is 3.06. The van der Waals surface area contributed by atoms with Crippen LogP contribution in [-0.4, -0.2) is 39.3 Å². The monoisotopic (exact) mass is 315 g/mol. The number of rotatable bonds is 7. The van der Waals surface area contributed by atoms with Crippen molar-refractivity contribution in [1.82, 2.24) is 14.6 Å². The van der Waals surface area contributed by atoms with Gasteiger partial charge in [-0.1, -0.05) is 0 Å². The Labute approximate surface area is 126 Å². The molecule has 1 aliphatic heterocycles. The van der Waals surface area contributed by atoms with Gasteiger partial charge < -0.3 is 14.6 Å². The predicted molar refractivity (Wildman–Crippen MR) is 81.7 cm³/mol. The van der Waals surface area contributed by atoms with Crippen molar-refractivity contribution in [2.24, 2.45) is 0 Å². The first kappa shape index (κ1) is 16.5. The molecule has 0 spiro atoms. The summed E-state index contributed by atoms with van der Waals surface area (Å²) in [6, 6.07) is 1.95. The molecule has 120 valence electrons. The molecule has 0 amide bonds. The molecule has 0 saturated carbocycles. The number of sulfonamides is 1. The average molecular weight is 315 g/mol. The molecule has 1 aliphatic rings. The summed E-state index contributed by atoms with van der Waals surface area (Å²) in [5.41, 5.74) is 0.963. The largest absolute Gasteiger partial charge is 0.377 e. The number of nitrogens with zero attached hydrogens (tertiary/aromatic N) is 1. The highest BCUT2D eigenvalue weighted by atomic mass is 32.2. The summed E-state index contributed by atoms with van der Waals surface area (Å²) in [5, 5.41) is 3.06. The predicted octanol–water partition coefficient (Wildman–Crippen LogP) is 1.25. The number of hydrogen-bond acceptors (Lipinski definition) is 4. The van der Waals surface area contributed by atoms with Crippen LogP contribution in [0.1, 0.15) is 38.4 Å². The standard InChI is InChI=1S/C14H25N3O3S/c1-11(2)17-10-14(7-12(17)8-15-3)21(18,19)16-9-13-5-4-6-20-13/h7,10-11,13,15-16H,4-6,8-9H2,1-3H3. The lowest BCUT2D eigenvalue weighted by molar-refractivity contribution is 0.114. The van der Waals surface area contributed by atoms with Crippen LogP contribution >= 0.6 is 0 Å². The maximum Gasteiger partial charge on any atom is 0.242 e. The molecule has 2 N–H and O–H groups in total. The van der Waals surface area contributed by atoms with Crippen LogP contribution in [-0.2, 0) is 21.3 Å². The minimum absolute atomic E-state index is 0.00346. The zero-order valence-electron chi connectivity index (χ0n) is 12.9. The van der Waals surface area contributed by atoms with Gasteiger partial charge in [0.1, 0.15) is 0 Å². The van der Waals surface area contributed by atoms with Gasteiger partial charge >= 0.3 is 0 Å². The molecule has 0 aliphatic carbocycles. The van der Waals surface area contributed by atoms with Gasteiger partial charge in [-0.15, -0.1) is 0 Å². The Hall–Kier alpha value is -0.890. The summed E-state index contributed by atoms with van der Waals surface area (Å²) in [4.78, 5) is 0.319. The second-order valence-corrected chi connectivity index (χ2v) is 7.45. The Morgan fingerprint density at radius 2 is 2.24 bits per heavy atom. The summed E-state index contributed by atoms with van der Waals surface area (Å²) >= 11 is 0. The molecule has 6 nitrogen and oxygen atoms in total. The third kappa shape index (κ3) is 4.06. The topological polar surface area (TPSA) is 72.4 Å². The molecule has 1 aromatic heterocycles. The quantitative estimate of drug-likeness (QED) is 0.794. The number of ether oxygens (including phenoxy) is 1. The first-order valence-corrected chi connectivity index (χ1v) is 8.89. The third-order valence-electron chi connectivity index (χ3n) is 3.66. The van der Waals surface area contributed by atoms with Gasteiger partial charge in [-0.25, -0.2) is 13.1 Å². The van der Waals surface area contributed by atoms with Crippen molar-refractivity contribution in [2.45, 2.75) is 50.3 Å². The minimum atomic E-state index is -3.48. The SMILES string of the molecule is CNCc1cc(S(=O)(=O)NCC2CCCO2)cn1C(C)C. The smallest absolute Gasteiger partial charge is 0.242 e. The van der Waals surface area contributed by atoms with Crippen LogP contribution in [0.5, 0.6) is 0 Å². The Morgan fingerprint density at radius 3 is 2.81 bits per heavy atom.